The predicted molar refractivity (Wildman–Crippen MR) is 212 cm³/mol. The minimum atomic E-state index is -0.177. The summed E-state index contributed by atoms with van der Waals surface area (Å²) in [6.45, 7) is 41.5. The molecule has 2 heterocycles. The summed E-state index contributed by atoms with van der Waals surface area (Å²) in [4.78, 5) is 15.8. The molecule has 282 valence electrons. The van der Waals surface area contributed by atoms with E-state index in [1.807, 2.05) is 0 Å². The molecule has 1 atom stereocenters. The highest BCUT2D eigenvalue weighted by atomic mass is 15.3. The third-order valence-corrected chi connectivity index (χ3v) is 10.7. The van der Waals surface area contributed by atoms with Crippen LogP contribution in [0.2, 0.25) is 0 Å². The van der Waals surface area contributed by atoms with Gasteiger partial charge >= 0.3 is 0 Å². The first-order chi connectivity index (χ1) is 21.7. The average Bonchev–Trinajstić information content (AvgIpc) is 2.84. The molecule has 0 aromatic heterocycles. The summed E-state index contributed by atoms with van der Waals surface area (Å²) in [5.74, 6) is 2.80. The van der Waals surface area contributed by atoms with Crippen molar-refractivity contribution in [1.29, 1.82) is 0 Å². The number of guanidine groups is 1. The van der Waals surface area contributed by atoms with Gasteiger partial charge in [0.15, 0.2) is 5.96 Å². The number of nitrogens with one attached hydrogen (secondary N) is 2. The van der Waals surface area contributed by atoms with Gasteiger partial charge in [-0.1, -0.05) is 47.5 Å². The number of nitrogens with zero attached hydrogens (tertiary/aromatic N) is 4. The minimum Gasteiger partial charge on any atom is -0.369 e. The standard InChI is InChI=1S/C41H83N7/c1-29(2)24-37(8,9)44-35(32(7)30(3)4)43-36(42)48(34-27-40(14,15)46-41(16,17)28-34)23-21-19-18-20-22-47(31(5)6)33-25-38(10,11)45-39(12,13)26-33/h29-34,45-46H,18-28H2,1-17H3,(H2,42,43,44). The second-order valence-electron chi connectivity index (χ2n) is 20.2. The molecule has 7 heteroatoms. The molecule has 2 saturated heterocycles. The summed E-state index contributed by atoms with van der Waals surface area (Å²) in [6.07, 6.45) is 10.4. The maximum Gasteiger partial charge on any atom is 0.197 e. The molecule has 7 nitrogen and oxygen atoms in total. The van der Waals surface area contributed by atoms with Crippen molar-refractivity contribution in [2.45, 2.75) is 221 Å². The zero-order valence-electron chi connectivity index (χ0n) is 35.1. The van der Waals surface area contributed by atoms with E-state index in [-0.39, 0.29) is 33.6 Å². The average molecular weight is 674 g/mol. The first-order valence-electron chi connectivity index (χ1n) is 19.8. The molecule has 0 bridgehead atoms. The Morgan fingerprint density at radius 1 is 0.708 bits per heavy atom. The molecular weight excluding hydrogens is 591 g/mol. The van der Waals surface area contributed by atoms with Crippen LogP contribution in [-0.2, 0) is 0 Å². The van der Waals surface area contributed by atoms with Crippen LogP contribution in [-0.4, -0.2) is 80.5 Å². The van der Waals surface area contributed by atoms with Gasteiger partial charge in [0.2, 0.25) is 0 Å². The molecule has 0 aromatic carbocycles. The summed E-state index contributed by atoms with van der Waals surface area (Å²) in [5, 5.41) is 7.76. The Balaban J connectivity index is 2.23. The number of hydrogen-bond donors (Lipinski definition) is 3. The van der Waals surface area contributed by atoms with Crippen LogP contribution in [0.1, 0.15) is 175 Å². The molecule has 0 amide bonds. The first kappa shape index (κ1) is 43.0. The summed E-state index contributed by atoms with van der Waals surface area (Å²) in [6, 6.07) is 1.53. The van der Waals surface area contributed by atoms with Gasteiger partial charge in [-0.2, -0.15) is 0 Å². The Bertz CT molecular complexity index is 1020. The number of unbranched alkanes of at least 4 members (excludes halogenated alkanes) is 3. The fraction of sp³-hybridized carbons (Fsp3) is 0.951. The van der Waals surface area contributed by atoms with Crippen LogP contribution < -0.4 is 16.4 Å². The summed E-state index contributed by atoms with van der Waals surface area (Å²) >= 11 is 0. The van der Waals surface area contributed by atoms with Crippen molar-refractivity contribution >= 4 is 11.8 Å². The van der Waals surface area contributed by atoms with Gasteiger partial charge in [-0.25, -0.2) is 4.99 Å². The lowest BCUT2D eigenvalue weighted by Gasteiger charge is -2.50. The molecule has 48 heavy (non-hydrogen) atoms. The van der Waals surface area contributed by atoms with Gasteiger partial charge in [0, 0.05) is 52.7 Å². The van der Waals surface area contributed by atoms with Crippen LogP contribution in [0, 0.1) is 17.8 Å². The fourth-order valence-electron chi connectivity index (χ4n) is 9.33. The number of amidine groups is 1. The third-order valence-electron chi connectivity index (χ3n) is 10.7. The van der Waals surface area contributed by atoms with E-state index in [0.29, 0.717) is 35.9 Å². The predicted octanol–water partition coefficient (Wildman–Crippen LogP) is 9.01. The van der Waals surface area contributed by atoms with Crippen molar-refractivity contribution < 1.29 is 0 Å². The van der Waals surface area contributed by atoms with E-state index in [2.05, 4.69) is 138 Å². The summed E-state index contributed by atoms with van der Waals surface area (Å²) in [7, 11) is 0. The molecule has 0 saturated carbocycles. The Hall–Kier alpha value is -1.18. The van der Waals surface area contributed by atoms with Crippen molar-refractivity contribution in [3.63, 3.8) is 0 Å². The maximum absolute atomic E-state index is 7.09. The third kappa shape index (κ3) is 14.2. The quantitative estimate of drug-likeness (QED) is 0.0919. The highest BCUT2D eigenvalue weighted by Crippen LogP contribution is 2.34. The highest BCUT2D eigenvalue weighted by Gasteiger charge is 2.42. The van der Waals surface area contributed by atoms with Crippen LogP contribution in [0.3, 0.4) is 0 Å². The Labute approximate surface area is 299 Å². The zero-order valence-corrected chi connectivity index (χ0v) is 35.1. The van der Waals surface area contributed by atoms with E-state index in [0.717, 1.165) is 38.1 Å². The number of hydrogen-bond acceptors (Lipinski definition) is 4. The molecule has 0 aliphatic carbocycles. The Kier molecular flexibility index (Phi) is 15.1. The largest absolute Gasteiger partial charge is 0.369 e. The number of nitrogens with two attached hydrogens (primary N) is 1. The lowest BCUT2D eigenvalue weighted by Crippen LogP contribution is -2.63. The van der Waals surface area contributed by atoms with E-state index in [1.54, 1.807) is 0 Å². The van der Waals surface area contributed by atoms with Crippen molar-refractivity contribution in [1.82, 2.24) is 20.4 Å². The monoisotopic (exact) mass is 674 g/mol. The molecule has 2 rings (SSSR count). The summed E-state index contributed by atoms with van der Waals surface area (Å²) in [5.41, 5.74) is 7.32. The lowest BCUT2D eigenvalue weighted by atomic mass is 9.78. The maximum atomic E-state index is 7.09. The number of rotatable bonds is 15. The van der Waals surface area contributed by atoms with Gasteiger partial charge in [0.1, 0.15) is 5.84 Å². The fourth-order valence-corrected chi connectivity index (χ4v) is 9.33. The van der Waals surface area contributed by atoms with Crippen molar-refractivity contribution in [3.8, 4) is 0 Å². The van der Waals surface area contributed by atoms with Crippen LogP contribution in [0.15, 0.2) is 9.98 Å². The molecule has 1 unspecified atom stereocenters. The minimum absolute atomic E-state index is 0.0322. The zero-order chi connectivity index (χ0) is 36.9. The van der Waals surface area contributed by atoms with Gasteiger partial charge in [0.05, 0.1) is 5.54 Å². The van der Waals surface area contributed by atoms with Gasteiger partial charge in [-0.3, -0.25) is 9.89 Å². The molecule has 0 spiro atoms. The van der Waals surface area contributed by atoms with Crippen LogP contribution >= 0.6 is 0 Å². The second-order valence-corrected chi connectivity index (χ2v) is 20.2. The number of aliphatic imine (C=N–C) groups is 2. The molecule has 2 aliphatic rings. The van der Waals surface area contributed by atoms with Crippen LogP contribution in [0.5, 0.6) is 0 Å². The molecule has 2 aliphatic heterocycles. The molecule has 2 fully saturated rings. The van der Waals surface area contributed by atoms with Crippen LogP contribution in [0.4, 0.5) is 0 Å². The van der Waals surface area contributed by atoms with Gasteiger partial charge in [0.25, 0.3) is 0 Å². The number of piperidine rings is 2. The van der Waals surface area contributed by atoms with Crippen molar-refractivity contribution in [3.05, 3.63) is 0 Å². The van der Waals surface area contributed by atoms with Crippen molar-refractivity contribution in [2.24, 2.45) is 33.5 Å². The smallest absolute Gasteiger partial charge is 0.197 e. The van der Waals surface area contributed by atoms with Gasteiger partial charge in [-0.15, -0.1) is 0 Å². The van der Waals surface area contributed by atoms with Crippen LogP contribution in [0.25, 0.3) is 0 Å². The molecule has 0 aromatic rings. The normalized spacial score (nSPS) is 23.0. The van der Waals surface area contributed by atoms with E-state index >= 15 is 0 Å². The molecule has 4 N–H and O–H groups in total. The molecular formula is C41H83N7. The van der Waals surface area contributed by atoms with Gasteiger partial charge < -0.3 is 21.3 Å². The van der Waals surface area contributed by atoms with Crippen molar-refractivity contribution in [2.75, 3.05) is 13.1 Å². The highest BCUT2D eigenvalue weighted by molar-refractivity contribution is 5.96. The Morgan fingerprint density at radius 3 is 1.56 bits per heavy atom. The second kappa shape index (κ2) is 16.9. The van der Waals surface area contributed by atoms with E-state index in [4.69, 9.17) is 15.7 Å². The van der Waals surface area contributed by atoms with E-state index in [1.165, 1.54) is 38.6 Å². The van der Waals surface area contributed by atoms with E-state index in [9.17, 15) is 0 Å². The lowest BCUT2D eigenvalue weighted by molar-refractivity contribution is 0.0465. The summed E-state index contributed by atoms with van der Waals surface area (Å²) < 4.78 is 0. The molecule has 0 radical (unpaired) electrons. The SMILES string of the molecule is CC(C)CC(C)(C)N=C(N=C(N)N(CCCCCCN(C(C)C)C1CC(C)(C)NC(C)(C)C1)C1CC(C)(C)NC(C)(C)C1)C(C)C(C)C. The van der Waals surface area contributed by atoms with E-state index < -0.39 is 0 Å². The first-order valence-corrected chi connectivity index (χ1v) is 19.8. The Morgan fingerprint density at radius 2 is 1.15 bits per heavy atom. The topological polar surface area (TPSA) is 81.3 Å². The van der Waals surface area contributed by atoms with Gasteiger partial charge in [-0.05, 0) is 146 Å².